The number of ether oxygens (including phenoxy) is 1. The Bertz CT molecular complexity index is 1240. The van der Waals surface area contributed by atoms with E-state index in [1.165, 1.54) is 11.3 Å². The van der Waals surface area contributed by atoms with E-state index in [4.69, 9.17) is 10.5 Å². The van der Waals surface area contributed by atoms with E-state index in [9.17, 15) is 4.79 Å². The van der Waals surface area contributed by atoms with Gasteiger partial charge in [-0.3, -0.25) is 4.79 Å². The van der Waals surface area contributed by atoms with Gasteiger partial charge in [0.2, 0.25) is 0 Å². The zero-order valence-electron chi connectivity index (χ0n) is 19.4. The van der Waals surface area contributed by atoms with Crippen molar-refractivity contribution >= 4 is 39.1 Å². The van der Waals surface area contributed by atoms with Crippen molar-refractivity contribution < 1.29 is 13.9 Å². The van der Waals surface area contributed by atoms with E-state index >= 15 is 4.39 Å². The van der Waals surface area contributed by atoms with Gasteiger partial charge in [0.15, 0.2) is 11.6 Å². The van der Waals surface area contributed by atoms with Gasteiger partial charge in [-0.05, 0) is 44.9 Å². The van der Waals surface area contributed by atoms with Crippen LogP contribution in [0.5, 0.6) is 0 Å². The van der Waals surface area contributed by atoms with Crippen molar-refractivity contribution in [1.29, 1.82) is 0 Å². The fourth-order valence-corrected chi connectivity index (χ4v) is 5.82. The molecule has 3 aromatic heterocycles. The zero-order valence-corrected chi connectivity index (χ0v) is 20.2. The summed E-state index contributed by atoms with van der Waals surface area (Å²) >= 11 is 1.24. The van der Waals surface area contributed by atoms with Gasteiger partial charge < -0.3 is 26.0 Å². The van der Waals surface area contributed by atoms with Crippen LogP contribution >= 0.6 is 11.3 Å². The fraction of sp³-hybridized carbons (Fsp3) is 0.478. The lowest BCUT2D eigenvalue weighted by molar-refractivity contribution is 0.0938. The third kappa shape index (κ3) is 4.08. The number of carbonyl (C=O) groups excluding carboxylic acids is 1. The molecule has 3 aromatic rings. The van der Waals surface area contributed by atoms with Crippen molar-refractivity contribution in [2.45, 2.75) is 44.4 Å². The number of nitrogen functional groups attached to an aromatic ring is 1. The van der Waals surface area contributed by atoms with Crippen molar-refractivity contribution in [3.8, 4) is 0 Å². The molecular formula is C23H28FN7O2S. The number of nitrogens with one attached hydrogen (secondary N) is 2. The van der Waals surface area contributed by atoms with E-state index < -0.39 is 0 Å². The third-order valence-electron chi connectivity index (χ3n) is 6.66. The number of carbonyl (C=O) groups is 1. The van der Waals surface area contributed by atoms with Crippen molar-refractivity contribution in [2.75, 3.05) is 37.9 Å². The van der Waals surface area contributed by atoms with Crippen molar-refractivity contribution in [3.05, 3.63) is 39.9 Å². The van der Waals surface area contributed by atoms with Crippen LogP contribution in [0.1, 0.15) is 33.0 Å². The van der Waals surface area contributed by atoms with Gasteiger partial charge >= 0.3 is 0 Å². The van der Waals surface area contributed by atoms with E-state index in [2.05, 4.69) is 25.6 Å². The summed E-state index contributed by atoms with van der Waals surface area (Å²) in [6.07, 6.45) is 3.52. The number of nitrogens with two attached hydrogens (primary N) is 1. The Kier molecular flexibility index (Phi) is 6.09. The van der Waals surface area contributed by atoms with Crippen LogP contribution in [0.2, 0.25) is 0 Å². The summed E-state index contributed by atoms with van der Waals surface area (Å²) in [5.41, 5.74) is 9.55. The molecule has 34 heavy (non-hydrogen) atoms. The second kappa shape index (κ2) is 9.05. The predicted molar refractivity (Wildman–Crippen MR) is 130 cm³/mol. The lowest BCUT2D eigenvalue weighted by Crippen LogP contribution is -2.39. The number of thiophene rings is 1. The molecule has 4 N–H and O–H groups in total. The largest absolute Gasteiger partial charge is 0.396 e. The Hall–Kier alpha value is -2.89. The number of amides is 1. The summed E-state index contributed by atoms with van der Waals surface area (Å²) in [4.78, 5) is 29.4. The summed E-state index contributed by atoms with van der Waals surface area (Å²) in [5.74, 6) is -0.229. The monoisotopic (exact) mass is 485 g/mol. The summed E-state index contributed by atoms with van der Waals surface area (Å²) in [5, 5.41) is 6.28. The van der Waals surface area contributed by atoms with Crippen LogP contribution in [0.25, 0.3) is 10.3 Å². The molecular weight excluding hydrogens is 457 g/mol. The number of likely N-dealkylation sites (N-methyl/N-ethyl adjacent to an activating group) is 1. The van der Waals surface area contributed by atoms with Gasteiger partial charge in [0, 0.05) is 38.1 Å². The number of fused-ring (bicyclic) bond motifs is 2. The Labute approximate surface area is 200 Å². The van der Waals surface area contributed by atoms with Crippen molar-refractivity contribution in [3.63, 3.8) is 0 Å². The number of aryl methyl sites for hydroxylation is 2. The fourth-order valence-electron chi connectivity index (χ4n) is 4.82. The first kappa shape index (κ1) is 22.9. The van der Waals surface area contributed by atoms with Gasteiger partial charge in [0.1, 0.15) is 15.2 Å². The minimum Gasteiger partial charge on any atom is -0.396 e. The summed E-state index contributed by atoms with van der Waals surface area (Å²) < 4.78 is 20.6. The number of methoxy groups -OCH3 is 1. The highest BCUT2D eigenvalue weighted by atomic mass is 32.1. The number of pyridine rings is 1. The molecule has 180 valence electrons. The Morgan fingerprint density at radius 2 is 2.18 bits per heavy atom. The lowest BCUT2D eigenvalue weighted by Gasteiger charge is -2.27. The number of aromatic nitrogens is 3. The molecule has 2 aliphatic rings. The molecule has 0 saturated carbocycles. The summed E-state index contributed by atoms with van der Waals surface area (Å²) in [6, 6.07) is 1.56. The maximum atomic E-state index is 15.1. The molecule has 9 nitrogen and oxygen atoms in total. The number of hydrogen-bond donors (Lipinski definition) is 3. The molecule has 0 spiro atoms. The minimum atomic E-state index is -0.349. The highest BCUT2D eigenvalue weighted by Crippen LogP contribution is 2.32. The van der Waals surface area contributed by atoms with E-state index in [1.807, 2.05) is 18.9 Å². The predicted octanol–water partition coefficient (Wildman–Crippen LogP) is 1.83. The van der Waals surface area contributed by atoms with Gasteiger partial charge in [-0.25, -0.2) is 19.3 Å². The molecule has 1 amide bonds. The van der Waals surface area contributed by atoms with Gasteiger partial charge in [-0.1, -0.05) is 0 Å². The molecule has 5 rings (SSSR count). The molecule has 4 heterocycles. The van der Waals surface area contributed by atoms with Crippen LogP contribution in [-0.4, -0.2) is 66.3 Å². The molecule has 0 bridgehead atoms. The van der Waals surface area contributed by atoms with Crippen LogP contribution in [0.4, 0.5) is 15.9 Å². The maximum Gasteiger partial charge on any atom is 0.263 e. The number of hydrogen-bond acceptors (Lipinski definition) is 9. The van der Waals surface area contributed by atoms with Gasteiger partial charge in [0.25, 0.3) is 5.91 Å². The summed E-state index contributed by atoms with van der Waals surface area (Å²) in [7, 11) is 3.55. The highest BCUT2D eigenvalue weighted by molar-refractivity contribution is 7.21. The van der Waals surface area contributed by atoms with Crippen molar-refractivity contribution in [2.24, 2.45) is 0 Å². The van der Waals surface area contributed by atoms with Crippen molar-refractivity contribution in [1.82, 2.24) is 25.6 Å². The normalized spacial score (nSPS) is 22.2. The third-order valence-corrected chi connectivity index (χ3v) is 7.75. The topological polar surface area (TPSA) is 118 Å². The van der Waals surface area contributed by atoms with Crippen LogP contribution < -0.4 is 21.3 Å². The van der Waals surface area contributed by atoms with Crippen LogP contribution in [-0.2, 0) is 17.6 Å². The highest BCUT2D eigenvalue weighted by Gasteiger charge is 2.35. The van der Waals surface area contributed by atoms with Crippen LogP contribution in [0.15, 0.2) is 12.3 Å². The number of rotatable bonds is 5. The molecule has 1 saturated heterocycles. The molecule has 1 aliphatic heterocycles. The first-order valence-corrected chi connectivity index (χ1v) is 12.1. The average molecular weight is 486 g/mol. The molecule has 3 unspecified atom stereocenters. The quantitative estimate of drug-likeness (QED) is 0.501. The summed E-state index contributed by atoms with van der Waals surface area (Å²) in [6.45, 7) is 3.07. The molecule has 1 aliphatic carbocycles. The standard InChI is InChI=1S/C23H28FN7O2S/c1-11-8-27-19-18(25)20(34-23(19)28-11)22(32)29-13-4-5-15-12(6-13)7-14(24)21(30-15)31-9-16(26-2)17(10-31)33-3/h7-8,13,16-17,26H,4-6,9-10,25H2,1-3H3,(H,29,32). The molecule has 0 aromatic carbocycles. The van der Waals surface area contributed by atoms with E-state index in [0.717, 1.165) is 23.4 Å². The number of halogens is 1. The van der Waals surface area contributed by atoms with E-state index in [-0.39, 0.29) is 29.9 Å². The molecule has 3 atom stereocenters. The number of anilines is 2. The van der Waals surface area contributed by atoms with Crippen LogP contribution in [0.3, 0.4) is 0 Å². The van der Waals surface area contributed by atoms with E-state index in [0.29, 0.717) is 52.7 Å². The first-order chi connectivity index (χ1) is 16.4. The SMILES string of the molecule is CNC1CN(c2nc3c(cc2F)CC(NC(=O)c2sc4nc(C)cnc4c2N)CC3)CC1OC. The smallest absolute Gasteiger partial charge is 0.263 e. The molecule has 11 heteroatoms. The molecule has 1 fully saturated rings. The minimum absolute atomic E-state index is 0.0162. The number of nitrogens with zero attached hydrogens (tertiary/aromatic N) is 4. The van der Waals surface area contributed by atoms with E-state index in [1.54, 1.807) is 19.4 Å². The Morgan fingerprint density at radius 3 is 2.91 bits per heavy atom. The molecule has 0 radical (unpaired) electrons. The van der Waals surface area contributed by atoms with Gasteiger partial charge in [-0.2, -0.15) is 0 Å². The second-order valence-corrected chi connectivity index (χ2v) is 9.90. The Morgan fingerprint density at radius 1 is 1.35 bits per heavy atom. The van der Waals surface area contributed by atoms with Gasteiger partial charge in [-0.15, -0.1) is 11.3 Å². The maximum absolute atomic E-state index is 15.1. The second-order valence-electron chi connectivity index (χ2n) is 8.90. The Balaban J connectivity index is 1.31. The lowest BCUT2D eigenvalue weighted by atomic mass is 9.91. The zero-order chi connectivity index (χ0) is 24.0. The van der Waals surface area contributed by atoms with Gasteiger partial charge in [0.05, 0.1) is 23.5 Å². The average Bonchev–Trinajstić information content (AvgIpc) is 3.39. The van der Waals surface area contributed by atoms with Crippen LogP contribution in [0, 0.1) is 12.7 Å². The first-order valence-electron chi connectivity index (χ1n) is 11.3.